The highest BCUT2D eigenvalue weighted by Gasteiger charge is 2.30. The molecule has 0 aliphatic carbocycles. The number of nitrogens with zero attached hydrogens (tertiary/aromatic N) is 2. The van der Waals surface area contributed by atoms with E-state index < -0.39 is 10.1 Å². The predicted molar refractivity (Wildman–Crippen MR) is 117 cm³/mol. The van der Waals surface area contributed by atoms with Crippen molar-refractivity contribution in [1.29, 1.82) is 0 Å². The summed E-state index contributed by atoms with van der Waals surface area (Å²) < 4.78 is 38.7. The van der Waals surface area contributed by atoms with Gasteiger partial charge < -0.3 is 13.5 Å². The smallest absolute Gasteiger partial charge is 0.356 e. The maximum atomic E-state index is 13.1. The van der Waals surface area contributed by atoms with Crippen LogP contribution >= 0.6 is 23.2 Å². The van der Waals surface area contributed by atoms with Crippen LogP contribution in [0.15, 0.2) is 53.6 Å². The standard InChI is InChI=1S/C21H22Cl2N2O4S/c1-14(2)20-21(30(26,27)29-18-10-16(22)9-17(23)11-18)25(3)19(24-20)13-28-12-15-7-5-4-6-8-15/h4-11,14H,12-13H2,1-3H3. The van der Waals surface area contributed by atoms with Gasteiger partial charge in [-0.05, 0) is 17.5 Å². The quantitative estimate of drug-likeness (QED) is 0.417. The summed E-state index contributed by atoms with van der Waals surface area (Å²) >= 11 is 11.9. The third kappa shape index (κ3) is 5.35. The molecular formula is C21H22Cl2N2O4S. The summed E-state index contributed by atoms with van der Waals surface area (Å²) in [6.07, 6.45) is 0. The van der Waals surface area contributed by atoms with Crippen LogP contribution in [0.3, 0.4) is 0 Å². The zero-order chi connectivity index (χ0) is 21.9. The van der Waals surface area contributed by atoms with E-state index in [1.165, 1.54) is 22.8 Å². The molecular weight excluding hydrogens is 447 g/mol. The van der Waals surface area contributed by atoms with Crippen LogP contribution in [0.1, 0.15) is 36.8 Å². The Morgan fingerprint density at radius 2 is 1.67 bits per heavy atom. The highest BCUT2D eigenvalue weighted by atomic mass is 35.5. The summed E-state index contributed by atoms with van der Waals surface area (Å²) in [6.45, 7) is 4.28. The van der Waals surface area contributed by atoms with Gasteiger partial charge in [0.25, 0.3) is 0 Å². The monoisotopic (exact) mass is 468 g/mol. The normalized spacial score (nSPS) is 11.8. The molecule has 0 unspecified atom stereocenters. The molecule has 0 aliphatic rings. The second-order valence-electron chi connectivity index (χ2n) is 7.05. The van der Waals surface area contributed by atoms with Crippen LogP contribution in [0.25, 0.3) is 0 Å². The molecule has 2 aromatic carbocycles. The molecule has 30 heavy (non-hydrogen) atoms. The van der Waals surface area contributed by atoms with Gasteiger partial charge in [-0.2, -0.15) is 8.42 Å². The summed E-state index contributed by atoms with van der Waals surface area (Å²) in [7, 11) is -2.56. The Morgan fingerprint density at radius 3 is 2.27 bits per heavy atom. The Labute approximate surface area is 186 Å². The third-order valence-electron chi connectivity index (χ3n) is 4.33. The maximum Gasteiger partial charge on any atom is 0.356 e. The van der Waals surface area contributed by atoms with Crippen molar-refractivity contribution < 1.29 is 17.3 Å². The minimum atomic E-state index is -4.18. The molecule has 3 rings (SSSR count). The molecule has 0 aliphatic heterocycles. The van der Waals surface area contributed by atoms with E-state index >= 15 is 0 Å². The molecule has 1 heterocycles. The first kappa shape index (κ1) is 22.6. The molecule has 1 aromatic heterocycles. The lowest BCUT2D eigenvalue weighted by Crippen LogP contribution is -2.17. The second kappa shape index (κ2) is 9.39. The summed E-state index contributed by atoms with van der Waals surface area (Å²) in [4.78, 5) is 4.51. The highest BCUT2D eigenvalue weighted by molar-refractivity contribution is 7.87. The van der Waals surface area contributed by atoms with Crippen molar-refractivity contribution in [1.82, 2.24) is 9.55 Å². The summed E-state index contributed by atoms with van der Waals surface area (Å²) in [5.74, 6) is 0.376. The molecule has 0 spiro atoms. The third-order valence-corrected chi connectivity index (χ3v) is 6.13. The minimum absolute atomic E-state index is 0.0214. The van der Waals surface area contributed by atoms with E-state index in [1.807, 2.05) is 44.2 Å². The number of imidazole rings is 1. The average Bonchev–Trinajstić information content (AvgIpc) is 2.99. The molecule has 6 nitrogen and oxygen atoms in total. The average molecular weight is 469 g/mol. The fraction of sp³-hybridized carbons (Fsp3) is 0.286. The van der Waals surface area contributed by atoms with Gasteiger partial charge in [-0.25, -0.2) is 4.98 Å². The molecule has 0 saturated carbocycles. The Morgan fingerprint density at radius 1 is 1.03 bits per heavy atom. The molecule has 0 atom stereocenters. The summed E-state index contributed by atoms with van der Waals surface area (Å²) in [5, 5.41) is 0.528. The van der Waals surface area contributed by atoms with Gasteiger partial charge in [0.2, 0.25) is 0 Å². The SMILES string of the molecule is CC(C)c1nc(COCc2ccccc2)n(C)c1S(=O)(=O)Oc1cc(Cl)cc(Cl)c1. The number of halogens is 2. The fourth-order valence-corrected chi connectivity index (χ4v) is 4.84. The van der Waals surface area contributed by atoms with Crippen molar-refractivity contribution in [2.24, 2.45) is 7.05 Å². The van der Waals surface area contributed by atoms with Gasteiger partial charge in [-0.3, -0.25) is 0 Å². The fourth-order valence-electron chi connectivity index (χ4n) is 2.93. The number of aromatic nitrogens is 2. The van der Waals surface area contributed by atoms with Gasteiger partial charge in [-0.15, -0.1) is 0 Å². The molecule has 0 saturated heterocycles. The van der Waals surface area contributed by atoms with Gasteiger partial charge in [0, 0.05) is 29.2 Å². The van der Waals surface area contributed by atoms with Crippen LogP contribution in [-0.4, -0.2) is 18.0 Å². The molecule has 160 valence electrons. The number of hydrogen-bond donors (Lipinski definition) is 0. The lowest BCUT2D eigenvalue weighted by Gasteiger charge is -2.12. The second-order valence-corrected chi connectivity index (χ2v) is 9.39. The van der Waals surface area contributed by atoms with Crippen molar-refractivity contribution in [3.05, 3.63) is 75.7 Å². The van der Waals surface area contributed by atoms with Crippen LogP contribution < -0.4 is 4.18 Å². The van der Waals surface area contributed by atoms with Crippen LogP contribution in [-0.2, 0) is 35.1 Å². The Kier molecular flexibility index (Phi) is 7.08. The summed E-state index contributed by atoms with van der Waals surface area (Å²) in [6, 6.07) is 14.0. The van der Waals surface area contributed by atoms with Gasteiger partial charge in [0.05, 0.1) is 12.3 Å². The van der Waals surface area contributed by atoms with Crippen molar-refractivity contribution in [3.63, 3.8) is 0 Å². The lowest BCUT2D eigenvalue weighted by molar-refractivity contribution is 0.0995. The molecule has 0 radical (unpaired) electrons. The van der Waals surface area contributed by atoms with Gasteiger partial charge in [0.1, 0.15) is 18.2 Å². The molecule has 0 N–H and O–H groups in total. The van der Waals surface area contributed by atoms with E-state index in [4.69, 9.17) is 32.1 Å². The van der Waals surface area contributed by atoms with Crippen LogP contribution in [0.2, 0.25) is 10.0 Å². The Hall–Kier alpha value is -2.06. The van der Waals surface area contributed by atoms with Crippen LogP contribution in [0.5, 0.6) is 5.75 Å². The van der Waals surface area contributed by atoms with E-state index in [1.54, 1.807) is 7.05 Å². The van der Waals surface area contributed by atoms with Gasteiger partial charge >= 0.3 is 10.1 Å². The number of rotatable bonds is 8. The van der Waals surface area contributed by atoms with Gasteiger partial charge in [0.15, 0.2) is 5.03 Å². The maximum absolute atomic E-state index is 13.1. The van der Waals surface area contributed by atoms with Crippen molar-refractivity contribution >= 4 is 33.3 Å². The van der Waals surface area contributed by atoms with Crippen LogP contribution in [0.4, 0.5) is 0 Å². The van der Waals surface area contributed by atoms with Crippen molar-refractivity contribution in [2.45, 2.75) is 38.0 Å². The number of benzene rings is 2. The van der Waals surface area contributed by atoms with Gasteiger partial charge in [-0.1, -0.05) is 67.4 Å². The van der Waals surface area contributed by atoms with E-state index in [2.05, 4.69) is 4.98 Å². The molecule has 0 amide bonds. The molecule has 3 aromatic rings. The number of ether oxygens (including phenoxy) is 1. The van der Waals surface area contributed by atoms with Crippen LogP contribution in [0, 0.1) is 0 Å². The molecule has 9 heteroatoms. The van der Waals surface area contributed by atoms with Crippen molar-refractivity contribution in [3.8, 4) is 5.75 Å². The first-order chi connectivity index (χ1) is 14.2. The number of hydrogen-bond acceptors (Lipinski definition) is 5. The topological polar surface area (TPSA) is 70.4 Å². The highest BCUT2D eigenvalue weighted by Crippen LogP contribution is 2.30. The molecule has 0 fully saturated rings. The first-order valence-corrected chi connectivity index (χ1v) is 11.4. The lowest BCUT2D eigenvalue weighted by atomic mass is 10.2. The van der Waals surface area contributed by atoms with E-state index in [0.29, 0.717) is 18.1 Å². The Bertz CT molecular complexity index is 1110. The van der Waals surface area contributed by atoms with Crippen molar-refractivity contribution in [2.75, 3.05) is 0 Å². The first-order valence-electron chi connectivity index (χ1n) is 9.25. The zero-order valence-electron chi connectivity index (χ0n) is 16.8. The zero-order valence-corrected chi connectivity index (χ0v) is 19.1. The Balaban J connectivity index is 1.87. The summed E-state index contributed by atoms with van der Waals surface area (Å²) in [5.41, 5.74) is 1.42. The van der Waals surface area contributed by atoms with E-state index in [9.17, 15) is 8.42 Å². The minimum Gasteiger partial charge on any atom is -0.378 e. The van der Waals surface area contributed by atoms with E-state index in [-0.39, 0.29) is 33.3 Å². The molecule has 0 bridgehead atoms. The van der Waals surface area contributed by atoms with E-state index in [0.717, 1.165) is 5.56 Å². The largest absolute Gasteiger partial charge is 0.378 e. The predicted octanol–water partition coefficient (Wildman–Crippen LogP) is 5.33.